The third-order valence-corrected chi connectivity index (χ3v) is 4.19. The Kier molecular flexibility index (Phi) is 5.08. The van der Waals surface area contributed by atoms with E-state index in [4.69, 9.17) is 4.74 Å². The number of hydrogen-bond donors (Lipinski definition) is 0. The van der Waals surface area contributed by atoms with Crippen LogP contribution in [0.3, 0.4) is 0 Å². The van der Waals surface area contributed by atoms with E-state index in [0.717, 1.165) is 36.0 Å². The molecule has 0 saturated carbocycles. The van der Waals surface area contributed by atoms with Crippen LogP contribution in [0.15, 0.2) is 17.4 Å². The van der Waals surface area contributed by atoms with Crippen molar-refractivity contribution in [2.45, 2.75) is 57.3 Å². The maximum absolute atomic E-state index is 12.2. The van der Waals surface area contributed by atoms with Crippen molar-refractivity contribution in [3.63, 3.8) is 0 Å². The Balaban J connectivity index is 1.91. The van der Waals surface area contributed by atoms with Gasteiger partial charge >= 0.3 is 6.09 Å². The van der Waals surface area contributed by atoms with Crippen LogP contribution in [-0.4, -0.2) is 44.9 Å². The summed E-state index contributed by atoms with van der Waals surface area (Å²) in [6.07, 6.45) is 3.60. The van der Waals surface area contributed by atoms with E-state index < -0.39 is 5.60 Å². The third kappa shape index (κ3) is 4.88. The van der Waals surface area contributed by atoms with Crippen molar-refractivity contribution < 1.29 is 9.53 Å². The van der Waals surface area contributed by atoms with Crippen molar-refractivity contribution in [1.82, 2.24) is 14.9 Å². The van der Waals surface area contributed by atoms with Gasteiger partial charge in [0.05, 0.1) is 0 Å². The molecule has 0 N–H and O–H groups in total. The van der Waals surface area contributed by atoms with E-state index in [1.807, 2.05) is 38.7 Å². The number of rotatable bonds is 3. The summed E-state index contributed by atoms with van der Waals surface area (Å²) in [5.74, 6) is 0.808. The zero-order valence-corrected chi connectivity index (χ0v) is 13.9. The lowest BCUT2D eigenvalue weighted by atomic mass is 10.2. The van der Waals surface area contributed by atoms with Crippen LogP contribution in [-0.2, 0) is 4.74 Å². The molecule has 116 valence electrons. The summed E-state index contributed by atoms with van der Waals surface area (Å²) in [4.78, 5) is 22.7. The molecular formula is C15H23N3O2S. The van der Waals surface area contributed by atoms with Crippen LogP contribution in [0.1, 0.15) is 39.3 Å². The summed E-state index contributed by atoms with van der Waals surface area (Å²) >= 11 is 1.60. The zero-order valence-electron chi connectivity index (χ0n) is 13.1. The summed E-state index contributed by atoms with van der Waals surface area (Å²) in [6.45, 7) is 8.41. The van der Waals surface area contributed by atoms with Gasteiger partial charge in [0.2, 0.25) is 0 Å². The summed E-state index contributed by atoms with van der Waals surface area (Å²) in [5.41, 5.74) is 0.514. The van der Waals surface area contributed by atoms with Gasteiger partial charge in [0.15, 0.2) is 5.16 Å². The minimum atomic E-state index is -0.447. The predicted octanol–water partition coefficient (Wildman–Crippen LogP) is 3.28. The summed E-state index contributed by atoms with van der Waals surface area (Å²) in [6, 6.07) is 2.08. The van der Waals surface area contributed by atoms with Crippen molar-refractivity contribution in [2.75, 3.05) is 12.3 Å². The monoisotopic (exact) mass is 309 g/mol. The van der Waals surface area contributed by atoms with Crippen LogP contribution in [0.2, 0.25) is 0 Å². The highest BCUT2D eigenvalue weighted by atomic mass is 32.2. The van der Waals surface area contributed by atoms with Crippen molar-refractivity contribution in [1.29, 1.82) is 0 Å². The number of ether oxygens (including phenoxy) is 1. The molecule has 1 amide bonds. The molecule has 2 heterocycles. The maximum Gasteiger partial charge on any atom is 0.410 e. The van der Waals surface area contributed by atoms with Gasteiger partial charge in [-0.2, -0.15) is 0 Å². The lowest BCUT2D eigenvalue weighted by molar-refractivity contribution is 0.0242. The molecule has 1 aromatic heterocycles. The number of aryl methyl sites for hydroxylation is 1. The summed E-state index contributed by atoms with van der Waals surface area (Å²) in [5, 5.41) is 0.769. The van der Waals surface area contributed by atoms with Crippen LogP contribution < -0.4 is 0 Å². The Labute approximate surface area is 130 Å². The first kappa shape index (κ1) is 16.1. The predicted molar refractivity (Wildman–Crippen MR) is 83.5 cm³/mol. The number of amides is 1. The number of carbonyl (C=O) groups excluding carboxylic acids is 1. The van der Waals surface area contributed by atoms with Gasteiger partial charge in [-0.3, -0.25) is 0 Å². The SMILES string of the molecule is Cc1ccnc(SC[C@H]2CCCN2C(=O)OC(C)(C)C)n1. The smallest absolute Gasteiger partial charge is 0.410 e. The second-order valence-electron chi connectivity index (χ2n) is 6.26. The van der Waals surface area contributed by atoms with E-state index in [1.54, 1.807) is 18.0 Å². The summed E-state index contributed by atoms with van der Waals surface area (Å²) in [7, 11) is 0. The van der Waals surface area contributed by atoms with Crippen LogP contribution >= 0.6 is 11.8 Å². The van der Waals surface area contributed by atoms with Crippen LogP contribution in [0.25, 0.3) is 0 Å². The second kappa shape index (κ2) is 6.64. The van der Waals surface area contributed by atoms with Gasteiger partial charge in [0.1, 0.15) is 5.60 Å². The van der Waals surface area contributed by atoms with Gasteiger partial charge in [-0.05, 0) is 46.6 Å². The van der Waals surface area contributed by atoms with Gasteiger partial charge in [-0.25, -0.2) is 14.8 Å². The molecule has 2 rings (SSSR count). The van der Waals surface area contributed by atoms with Crippen molar-refractivity contribution in [3.05, 3.63) is 18.0 Å². The van der Waals surface area contributed by atoms with Crippen molar-refractivity contribution in [2.24, 2.45) is 0 Å². The van der Waals surface area contributed by atoms with E-state index in [2.05, 4.69) is 9.97 Å². The van der Waals surface area contributed by atoms with Gasteiger partial charge in [0, 0.05) is 30.2 Å². The highest BCUT2D eigenvalue weighted by Gasteiger charge is 2.32. The van der Waals surface area contributed by atoms with Crippen LogP contribution in [0.5, 0.6) is 0 Å². The normalized spacial score (nSPS) is 18.9. The molecule has 1 aliphatic heterocycles. The number of likely N-dealkylation sites (tertiary alicyclic amines) is 1. The number of carbonyl (C=O) groups is 1. The average Bonchev–Trinajstić information content (AvgIpc) is 2.83. The van der Waals surface area contributed by atoms with Gasteiger partial charge in [-0.1, -0.05) is 11.8 Å². The van der Waals surface area contributed by atoms with E-state index in [0.29, 0.717) is 0 Å². The quantitative estimate of drug-likeness (QED) is 0.633. The van der Waals surface area contributed by atoms with E-state index in [-0.39, 0.29) is 12.1 Å². The molecular weight excluding hydrogens is 286 g/mol. The minimum absolute atomic E-state index is 0.203. The molecule has 1 aromatic rings. The second-order valence-corrected chi connectivity index (χ2v) is 7.25. The molecule has 21 heavy (non-hydrogen) atoms. The lowest BCUT2D eigenvalue weighted by Gasteiger charge is -2.28. The molecule has 0 aliphatic carbocycles. The average molecular weight is 309 g/mol. The molecule has 0 spiro atoms. The number of nitrogens with zero attached hydrogens (tertiary/aromatic N) is 3. The highest BCUT2D eigenvalue weighted by molar-refractivity contribution is 7.99. The standard InChI is InChI=1S/C15H23N3O2S/c1-11-7-8-16-13(17-11)21-10-12-6-5-9-18(12)14(19)20-15(2,3)4/h7-8,12H,5-6,9-10H2,1-4H3/t12-/m1/s1. The van der Waals surface area contributed by atoms with Gasteiger partial charge < -0.3 is 9.64 Å². The van der Waals surface area contributed by atoms with Crippen molar-refractivity contribution in [3.8, 4) is 0 Å². The summed E-state index contributed by atoms with van der Waals surface area (Å²) < 4.78 is 5.47. The highest BCUT2D eigenvalue weighted by Crippen LogP contribution is 2.25. The minimum Gasteiger partial charge on any atom is -0.444 e. The Morgan fingerprint density at radius 1 is 1.52 bits per heavy atom. The Bertz CT molecular complexity index is 502. The maximum atomic E-state index is 12.2. The topological polar surface area (TPSA) is 55.3 Å². The third-order valence-electron chi connectivity index (χ3n) is 3.18. The molecule has 0 aromatic carbocycles. The zero-order chi connectivity index (χ0) is 15.5. The van der Waals surface area contributed by atoms with Gasteiger partial charge in [-0.15, -0.1) is 0 Å². The number of hydrogen-bond acceptors (Lipinski definition) is 5. The largest absolute Gasteiger partial charge is 0.444 e. The molecule has 0 unspecified atom stereocenters. The van der Waals surface area contributed by atoms with Crippen LogP contribution in [0.4, 0.5) is 4.79 Å². The van der Waals surface area contributed by atoms with E-state index in [1.165, 1.54) is 0 Å². The van der Waals surface area contributed by atoms with E-state index in [9.17, 15) is 4.79 Å². The molecule has 1 atom stereocenters. The number of aromatic nitrogens is 2. The van der Waals surface area contributed by atoms with E-state index >= 15 is 0 Å². The first-order valence-corrected chi connectivity index (χ1v) is 8.26. The number of thioether (sulfide) groups is 1. The fourth-order valence-corrected chi connectivity index (χ4v) is 3.27. The van der Waals surface area contributed by atoms with Crippen LogP contribution in [0, 0.1) is 6.92 Å². The molecule has 0 radical (unpaired) electrons. The van der Waals surface area contributed by atoms with Crippen molar-refractivity contribution >= 4 is 17.9 Å². The molecule has 1 aliphatic rings. The fraction of sp³-hybridized carbons (Fsp3) is 0.667. The molecule has 6 heteroatoms. The Morgan fingerprint density at radius 2 is 2.29 bits per heavy atom. The molecule has 1 saturated heterocycles. The lowest BCUT2D eigenvalue weighted by Crippen LogP contribution is -2.40. The first-order chi connectivity index (χ1) is 9.85. The fourth-order valence-electron chi connectivity index (χ4n) is 2.24. The van der Waals surface area contributed by atoms with Gasteiger partial charge in [0.25, 0.3) is 0 Å². The molecule has 0 bridgehead atoms. The first-order valence-electron chi connectivity index (χ1n) is 7.27. The molecule has 5 nitrogen and oxygen atoms in total. The Morgan fingerprint density at radius 3 is 2.95 bits per heavy atom. The molecule has 1 fully saturated rings. The Hall–Kier alpha value is -1.30.